The fourth-order valence-electron chi connectivity index (χ4n) is 2.19. The van der Waals surface area contributed by atoms with Gasteiger partial charge in [-0.05, 0) is 6.07 Å². The van der Waals surface area contributed by atoms with Gasteiger partial charge in [-0.1, -0.05) is 11.8 Å². The Balaban J connectivity index is 2.13. The van der Waals surface area contributed by atoms with Crippen molar-refractivity contribution in [2.75, 3.05) is 17.7 Å². The van der Waals surface area contributed by atoms with E-state index < -0.39 is 11.1 Å². The first-order chi connectivity index (χ1) is 10.6. The molecule has 0 spiro atoms. The standard InChI is InChI=1S/C12H13N7O2S/c1-14-11-9-12(16-5-15-11)22-8-3-2-6(19(20)21)4-7(8)10(17-9)18-13/h2-5,10,17-18H,13H2,1H3,(H,14,15,16)/t10-/m1/s1. The van der Waals surface area contributed by atoms with Gasteiger partial charge in [0.25, 0.3) is 5.69 Å². The van der Waals surface area contributed by atoms with Crippen molar-refractivity contribution in [3.8, 4) is 0 Å². The lowest BCUT2D eigenvalue weighted by Gasteiger charge is -2.19. The number of hydrogen-bond donors (Lipinski definition) is 4. The Morgan fingerprint density at radius 3 is 2.95 bits per heavy atom. The molecule has 1 aliphatic heterocycles. The molecular weight excluding hydrogens is 306 g/mol. The summed E-state index contributed by atoms with van der Waals surface area (Å²) in [6.07, 6.45) is 0.961. The number of rotatable bonds is 3. The van der Waals surface area contributed by atoms with Gasteiger partial charge in [-0.3, -0.25) is 16.0 Å². The van der Waals surface area contributed by atoms with E-state index in [1.165, 1.54) is 30.2 Å². The molecule has 9 nitrogen and oxygen atoms in total. The topological polar surface area (TPSA) is 131 Å². The highest BCUT2D eigenvalue weighted by atomic mass is 32.2. The molecule has 1 atom stereocenters. The van der Waals surface area contributed by atoms with Crippen molar-refractivity contribution in [1.29, 1.82) is 0 Å². The Morgan fingerprint density at radius 1 is 1.45 bits per heavy atom. The lowest BCUT2D eigenvalue weighted by atomic mass is 10.1. The third-order valence-corrected chi connectivity index (χ3v) is 4.32. The van der Waals surface area contributed by atoms with Crippen LogP contribution in [0.1, 0.15) is 11.7 Å². The monoisotopic (exact) mass is 319 g/mol. The summed E-state index contributed by atoms with van der Waals surface area (Å²) in [6, 6.07) is 4.66. The number of benzene rings is 1. The third-order valence-electron chi connectivity index (χ3n) is 3.23. The first-order valence-electron chi connectivity index (χ1n) is 6.35. The first kappa shape index (κ1) is 14.5. The number of nitrogens with one attached hydrogen (secondary N) is 3. The Kier molecular flexibility index (Phi) is 3.79. The number of nitro groups is 1. The van der Waals surface area contributed by atoms with Gasteiger partial charge in [0.2, 0.25) is 0 Å². The zero-order valence-electron chi connectivity index (χ0n) is 11.5. The summed E-state index contributed by atoms with van der Waals surface area (Å²) >= 11 is 1.40. The molecule has 3 rings (SSSR count). The van der Waals surface area contributed by atoms with Gasteiger partial charge in [0, 0.05) is 29.6 Å². The summed E-state index contributed by atoms with van der Waals surface area (Å²) < 4.78 is 0. The zero-order chi connectivity index (χ0) is 15.7. The minimum Gasteiger partial charge on any atom is -0.371 e. The maximum atomic E-state index is 11.0. The smallest absolute Gasteiger partial charge is 0.269 e. The van der Waals surface area contributed by atoms with Crippen LogP contribution in [0.4, 0.5) is 17.2 Å². The number of aromatic nitrogens is 2. The van der Waals surface area contributed by atoms with Crippen LogP contribution >= 0.6 is 11.8 Å². The number of nitrogens with two attached hydrogens (primary N) is 1. The van der Waals surface area contributed by atoms with E-state index in [9.17, 15) is 10.1 Å². The van der Waals surface area contributed by atoms with Crippen LogP contribution in [0.5, 0.6) is 0 Å². The third kappa shape index (κ3) is 2.43. The zero-order valence-corrected chi connectivity index (χ0v) is 12.3. The molecule has 0 unspecified atom stereocenters. The molecule has 1 aromatic heterocycles. The molecule has 22 heavy (non-hydrogen) atoms. The first-order valence-corrected chi connectivity index (χ1v) is 7.17. The van der Waals surface area contributed by atoms with E-state index in [0.29, 0.717) is 22.1 Å². The van der Waals surface area contributed by atoms with E-state index in [-0.39, 0.29) is 5.69 Å². The second-order valence-electron chi connectivity index (χ2n) is 4.48. The highest BCUT2D eigenvalue weighted by molar-refractivity contribution is 7.99. The number of nitro benzene ring substituents is 1. The van der Waals surface area contributed by atoms with Crippen molar-refractivity contribution in [2.24, 2.45) is 5.84 Å². The van der Waals surface area contributed by atoms with Crippen LogP contribution in [0.15, 0.2) is 34.4 Å². The highest BCUT2D eigenvalue weighted by Gasteiger charge is 2.26. The van der Waals surface area contributed by atoms with Crippen molar-refractivity contribution in [2.45, 2.75) is 16.1 Å². The average Bonchev–Trinajstić information content (AvgIpc) is 2.69. The number of fused-ring (bicyclic) bond motifs is 2. The predicted molar refractivity (Wildman–Crippen MR) is 82.5 cm³/mol. The maximum Gasteiger partial charge on any atom is 0.269 e. The molecule has 0 radical (unpaired) electrons. The van der Waals surface area contributed by atoms with E-state index in [2.05, 4.69) is 26.0 Å². The molecule has 1 aromatic carbocycles. The van der Waals surface area contributed by atoms with Crippen molar-refractivity contribution in [1.82, 2.24) is 15.4 Å². The van der Waals surface area contributed by atoms with Crippen LogP contribution in [0, 0.1) is 10.1 Å². The summed E-state index contributed by atoms with van der Waals surface area (Å²) in [5.41, 5.74) is 4.01. The Bertz CT molecular complexity index is 739. The second kappa shape index (κ2) is 5.75. The molecule has 2 aromatic rings. The SMILES string of the molecule is CNc1ncnc2c1N[C@H](NN)c1cc([N+](=O)[O-])ccc1S2. The summed E-state index contributed by atoms with van der Waals surface area (Å²) in [4.78, 5) is 19.8. The van der Waals surface area contributed by atoms with E-state index in [1.54, 1.807) is 13.1 Å². The Hall–Kier alpha value is -2.43. The molecule has 0 bridgehead atoms. The number of non-ortho nitro benzene ring substituents is 1. The van der Waals surface area contributed by atoms with E-state index in [4.69, 9.17) is 5.84 Å². The number of hydrazine groups is 1. The van der Waals surface area contributed by atoms with Crippen LogP contribution < -0.4 is 21.9 Å². The molecule has 1 aliphatic rings. The maximum absolute atomic E-state index is 11.0. The highest BCUT2D eigenvalue weighted by Crippen LogP contribution is 2.43. The van der Waals surface area contributed by atoms with Crippen molar-refractivity contribution in [3.63, 3.8) is 0 Å². The molecule has 0 aliphatic carbocycles. The van der Waals surface area contributed by atoms with Crippen LogP contribution in [-0.4, -0.2) is 21.9 Å². The van der Waals surface area contributed by atoms with Gasteiger partial charge >= 0.3 is 0 Å². The molecule has 0 fully saturated rings. The van der Waals surface area contributed by atoms with Crippen LogP contribution in [0.2, 0.25) is 0 Å². The minimum absolute atomic E-state index is 0.00674. The molecule has 0 saturated heterocycles. The Labute approximate surface area is 129 Å². The quantitative estimate of drug-likeness (QED) is 0.287. The van der Waals surface area contributed by atoms with Gasteiger partial charge in [-0.25, -0.2) is 15.4 Å². The van der Waals surface area contributed by atoms with Crippen molar-refractivity contribution in [3.05, 3.63) is 40.2 Å². The summed E-state index contributed by atoms with van der Waals surface area (Å²) in [6.45, 7) is 0. The van der Waals surface area contributed by atoms with E-state index >= 15 is 0 Å². The normalized spacial score (nSPS) is 16.0. The second-order valence-corrected chi connectivity index (χ2v) is 5.51. The molecule has 2 heterocycles. The van der Waals surface area contributed by atoms with Crippen molar-refractivity contribution < 1.29 is 4.92 Å². The lowest BCUT2D eigenvalue weighted by molar-refractivity contribution is -0.385. The van der Waals surface area contributed by atoms with Crippen LogP contribution in [0.3, 0.4) is 0 Å². The minimum atomic E-state index is -0.498. The average molecular weight is 319 g/mol. The molecule has 0 saturated carbocycles. The van der Waals surface area contributed by atoms with Gasteiger partial charge in [0.15, 0.2) is 5.82 Å². The van der Waals surface area contributed by atoms with Gasteiger partial charge in [0.05, 0.1) is 4.92 Å². The van der Waals surface area contributed by atoms with Crippen LogP contribution in [0.25, 0.3) is 0 Å². The van der Waals surface area contributed by atoms with E-state index in [1.807, 2.05) is 0 Å². The fraction of sp³-hybridized carbons (Fsp3) is 0.167. The lowest BCUT2D eigenvalue weighted by Crippen LogP contribution is -2.33. The van der Waals surface area contributed by atoms with E-state index in [0.717, 1.165) is 4.90 Å². The number of hydrogen-bond acceptors (Lipinski definition) is 9. The Morgan fingerprint density at radius 2 is 2.27 bits per heavy atom. The fourth-order valence-corrected chi connectivity index (χ4v) is 3.19. The molecular formula is C12H13N7O2S. The predicted octanol–water partition coefficient (Wildman–Crippen LogP) is 1.47. The van der Waals surface area contributed by atoms with Crippen molar-refractivity contribution >= 4 is 29.0 Å². The summed E-state index contributed by atoms with van der Waals surface area (Å²) in [5.74, 6) is 6.23. The van der Waals surface area contributed by atoms with Gasteiger partial charge in [-0.15, -0.1) is 0 Å². The molecule has 10 heteroatoms. The summed E-state index contributed by atoms with van der Waals surface area (Å²) in [5, 5.41) is 17.9. The van der Waals surface area contributed by atoms with Gasteiger partial charge in [-0.2, -0.15) is 0 Å². The molecule has 114 valence electrons. The van der Waals surface area contributed by atoms with Gasteiger partial charge < -0.3 is 10.6 Å². The number of nitrogens with zero attached hydrogens (tertiary/aromatic N) is 3. The largest absolute Gasteiger partial charge is 0.371 e. The van der Waals surface area contributed by atoms with Crippen LogP contribution in [-0.2, 0) is 0 Å². The molecule has 0 amide bonds. The molecule has 5 N–H and O–H groups in total. The van der Waals surface area contributed by atoms with Gasteiger partial charge in [0.1, 0.15) is 23.2 Å². The summed E-state index contributed by atoms with van der Waals surface area (Å²) in [7, 11) is 1.75. The number of anilines is 2.